The molecular weight excluding hydrogens is 172 g/mol. The number of carbonyl (C=O) groups excluding carboxylic acids is 1. The third kappa shape index (κ3) is 1.77. The highest BCUT2D eigenvalue weighted by Gasteiger charge is 2.14. The number of esters is 1. The second kappa shape index (κ2) is 3.43. The third-order valence-corrected chi connectivity index (χ3v) is 1.68. The molecule has 0 radical (unpaired) electrons. The lowest BCUT2D eigenvalue weighted by atomic mass is 10.2. The van der Waals surface area contributed by atoms with Crippen molar-refractivity contribution in [1.82, 2.24) is 0 Å². The lowest BCUT2D eigenvalue weighted by Crippen LogP contribution is -2.13. The molecule has 0 saturated heterocycles. The van der Waals surface area contributed by atoms with Gasteiger partial charge in [-0.05, 0) is 13.8 Å². The highest BCUT2D eigenvalue weighted by atomic mass is 16.5. The lowest BCUT2D eigenvalue weighted by molar-refractivity contribution is 0.0558. The predicted molar refractivity (Wildman–Crippen MR) is 45.8 cm³/mol. The van der Waals surface area contributed by atoms with E-state index in [1.807, 2.05) is 0 Å². The summed E-state index contributed by atoms with van der Waals surface area (Å²) < 4.78 is 9.52. The fourth-order valence-electron chi connectivity index (χ4n) is 0.959. The van der Waals surface area contributed by atoms with Crippen LogP contribution >= 0.6 is 0 Å². The molecule has 1 heterocycles. The maximum atomic E-state index is 11.2. The SMILES string of the molecule is COC(=O)c1oc(C)cc(=O)c1C. The molecule has 1 rings (SSSR count). The second-order valence-corrected chi connectivity index (χ2v) is 2.67. The van der Waals surface area contributed by atoms with Gasteiger partial charge in [-0.2, -0.15) is 0 Å². The minimum absolute atomic E-state index is 0.0208. The molecule has 0 aliphatic rings. The maximum Gasteiger partial charge on any atom is 0.374 e. The van der Waals surface area contributed by atoms with Crippen LogP contribution in [0.2, 0.25) is 0 Å². The normalized spacial score (nSPS) is 9.77. The molecule has 4 heteroatoms. The number of carbonyl (C=O) groups is 1. The Hall–Kier alpha value is -1.58. The topological polar surface area (TPSA) is 56.5 Å². The molecular formula is C9H10O4. The van der Waals surface area contributed by atoms with Crippen molar-refractivity contribution in [2.24, 2.45) is 0 Å². The minimum atomic E-state index is -0.627. The summed E-state index contributed by atoms with van der Waals surface area (Å²) in [5.41, 5.74) is 0.0570. The van der Waals surface area contributed by atoms with Crippen molar-refractivity contribution in [3.05, 3.63) is 33.4 Å². The number of hydrogen-bond donors (Lipinski definition) is 0. The molecule has 0 unspecified atom stereocenters. The van der Waals surface area contributed by atoms with E-state index in [0.717, 1.165) is 0 Å². The number of rotatable bonds is 1. The van der Waals surface area contributed by atoms with Crippen molar-refractivity contribution < 1.29 is 13.9 Å². The van der Waals surface area contributed by atoms with E-state index < -0.39 is 5.97 Å². The van der Waals surface area contributed by atoms with E-state index in [4.69, 9.17) is 4.42 Å². The summed E-state index contributed by atoms with van der Waals surface area (Å²) in [6.45, 7) is 3.13. The van der Waals surface area contributed by atoms with Gasteiger partial charge in [0.1, 0.15) is 5.76 Å². The van der Waals surface area contributed by atoms with Crippen LogP contribution in [0.25, 0.3) is 0 Å². The number of hydrogen-bond acceptors (Lipinski definition) is 4. The number of methoxy groups -OCH3 is 1. The van der Waals surface area contributed by atoms with Crippen molar-refractivity contribution in [2.45, 2.75) is 13.8 Å². The smallest absolute Gasteiger partial charge is 0.374 e. The Morgan fingerprint density at radius 3 is 2.62 bits per heavy atom. The molecule has 0 fully saturated rings. The first-order chi connectivity index (χ1) is 6.06. The van der Waals surface area contributed by atoms with E-state index in [0.29, 0.717) is 5.76 Å². The quantitative estimate of drug-likeness (QED) is 0.609. The van der Waals surface area contributed by atoms with Crippen LogP contribution in [-0.4, -0.2) is 13.1 Å². The van der Waals surface area contributed by atoms with E-state index >= 15 is 0 Å². The molecule has 0 atom stereocenters. The lowest BCUT2D eigenvalue weighted by Gasteiger charge is -2.02. The molecule has 0 saturated carbocycles. The first-order valence-electron chi connectivity index (χ1n) is 3.76. The van der Waals surface area contributed by atoms with Crippen LogP contribution in [0.1, 0.15) is 21.9 Å². The molecule has 13 heavy (non-hydrogen) atoms. The van der Waals surface area contributed by atoms with Crippen molar-refractivity contribution in [3.63, 3.8) is 0 Å². The molecule has 0 bridgehead atoms. The zero-order chi connectivity index (χ0) is 10.0. The average Bonchev–Trinajstić information content (AvgIpc) is 2.10. The van der Waals surface area contributed by atoms with Gasteiger partial charge >= 0.3 is 5.97 Å². The molecule has 0 aliphatic carbocycles. The summed E-state index contributed by atoms with van der Waals surface area (Å²) in [5.74, 6) is -0.248. The highest BCUT2D eigenvalue weighted by Crippen LogP contribution is 2.07. The van der Waals surface area contributed by atoms with Crippen molar-refractivity contribution in [2.75, 3.05) is 7.11 Å². The van der Waals surface area contributed by atoms with Gasteiger partial charge in [-0.1, -0.05) is 0 Å². The van der Waals surface area contributed by atoms with E-state index in [-0.39, 0.29) is 16.8 Å². The monoisotopic (exact) mass is 182 g/mol. The van der Waals surface area contributed by atoms with E-state index in [9.17, 15) is 9.59 Å². The summed E-state index contributed by atoms with van der Waals surface area (Å²) >= 11 is 0. The first-order valence-corrected chi connectivity index (χ1v) is 3.76. The largest absolute Gasteiger partial charge is 0.463 e. The zero-order valence-electron chi connectivity index (χ0n) is 7.71. The van der Waals surface area contributed by atoms with E-state index in [1.165, 1.54) is 20.1 Å². The van der Waals surface area contributed by atoms with Crippen LogP contribution < -0.4 is 5.43 Å². The molecule has 0 amide bonds. The van der Waals surface area contributed by atoms with Gasteiger partial charge in [0.15, 0.2) is 5.43 Å². The van der Waals surface area contributed by atoms with Gasteiger partial charge in [-0.15, -0.1) is 0 Å². The zero-order valence-corrected chi connectivity index (χ0v) is 7.71. The van der Waals surface area contributed by atoms with Crippen LogP contribution in [0.15, 0.2) is 15.3 Å². The highest BCUT2D eigenvalue weighted by molar-refractivity contribution is 5.87. The Morgan fingerprint density at radius 1 is 1.46 bits per heavy atom. The third-order valence-electron chi connectivity index (χ3n) is 1.68. The second-order valence-electron chi connectivity index (χ2n) is 2.67. The maximum absolute atomic E-state index is 11.2. The number of ether oxygens (including phenoxy) is 1. The number of aryl methyl sites for hydroxylation is 1. The van der Waals surface area contributed by atoms with Crippen LogP contribution in [0.4, 0.5) is 0 Å². The molecule has 0 aromatic carbocycles. The van der Waals surface area contributed by atoms with Gasteiger partial charge < -0.3 is 9.15 Å². The van der Waals surface area contributed by atoms with Crippen molar-refractivity contribution in [1.29, 1.82) is 0 Å². The molecule has 4 nitrogen and oxygen atoms in total. The molecule has 0 aliphatic heterocycles. The average molecular weight is 182 g/mol. The van der Waals surface area contributed by atoms with E-state index in [1.54, 1.807) is 6.92 Å². The van der Waals surface area contributed by atoms with Crippen LogP contribution in [0.3, 0.4) is 0 Å². The van der Waals surface area contributed by atoms with E-state index in [2.05, 4.69) is 4.74 Å². The Bertz CT molecular complexity index is 389. The fourth-order valence-corrected chi connectivity index (χ4v) is 0.959. The standard InChI is InChI=1S/C9H10O4/c1-5-4-7(10)6(2)8(13-5)9(11)12-3/h4H,1-3H3. The Labute approximate surface area is 75.1 Å². The summed E-state index contributed by atoms with van der Waals surface area (Å²) in [4.78, 5) is 22.3. The van der Waals surface area contributed by atoms with Gasteiger partial charge in [-0.25, -0.2) is 4.79 Å². The summed E-state index contributed by atoms with van der Waals surface area (Å²) in [6, 6.07) is 1.34. The van der Waals surface area contributed by atoms with Gasteiger partial charge in [0, 0.05) is 11.6 Å². The van der Waals surface area contributed by atoms with Crippen LogP contribution in [0, 0.1) is 13.8 Å². The Kier molecular flexibility index (Phi) is 2.51. The van der Waals surface area contributed by atoms with Crippen molar-refractivity contribution in [3.8, 4) is 0 Å². The predicted octanol–water partition coefficient (Wildman–Crippen LogP) is 1.04. The Balaban J connectivity index is 3.37. The summed E-state index contributed by atoms with van der Waals surface area (Å²) in [7, 11) is 1.24. The summed E-state index contributed by atoms with van der Waals surface area (Å²) in [5, 5.41) is 0. The fraction of sp³-hybridized carbons (Fsp3) is 0.333. The van der Waals surface area contributed by atoms with Crippen molar-refractivity contribution >= 4 is 5.97 Å². The van der Waals surface area contributed by atoms with Gasteiger partial charge in [0.2, 0.25) is 5.76 Å². The minimum Gasteiger partial charge on any atom is -0.463 e. The summed E-state index contributed by atoms with van der Waals surface area (Å²) in [6.07, 6.45) is 0. The molecule has 70 valence electrons. The molecule has 0 spiro atoms. The van der Waals surface area contributed by atoms with Gasteiger partial charge in [0.25, 0.3) is 0 Å². The first kappa shape index (κ1) is 9.51. The Morgan fingerprint density at radius 2 is 2.08 bits per heavy atom. The van der Waals surface area contributed by atoms with Crippen LogP contribution in [-0.2, 0) is 4.74 Å². The van der Waals surface area contributed by atoms with Crippen LogP contribution in [0.5, 0.6) is 0 Å². The van der Waals surface area contributed by atoms with Gasteiger partial charge in [-0.3, -0.25) is 4.79 Å². The van der Waals surface area contributed by atoms with Gasteiger partial charge in [0.05, 0.1) is 7.11 Å². The molecule has 1 aromatic heterocycles. The molecule has 0 N–H and O–H groups in total. The molecule has 1 aromatic rings.